The van der Waals surface area contributed by atoms with Crippen LogP contribution < -0.4 is 5.11 Å². The molecule has 0 radical (unpaired) electrons. The smallest absolute Gasteiger partial charge is 0.249 e. The van der Waals surface area contributed by atoms with Crippen LogP contribution in [0.25, 0.3) is 0 Å². The van der Waals surface area contributed by atoms with Gasteiger partial charge in [0.15, 0.2) is 0 Å². The highest BCUT2D eigenvalue weighted by Crippen LogP contribution is 2.29. The average molecular weight is 142 g/mol. The van der Waals surface area contributed by atoms with Gasteiger partial charge >= 0.3 is 0 Å². The lowest BCUT2D eigenvalue weighted by Gasteiger charge is -2.36. The average Bonchev–Trinajstić information content (AvgIpc) is 2.35. The Kier molecular flexibility index (Phi) is 1.04. The van der Waals surface area contributed by atoms with Crippen LogP contribution in [0.3, 0.4) is 0 Å². The molecule has 2 aliphatic heterocycles. The van der Waals surface area contributed by atoms with Gasteiger partial charge in [0.05, 0.1) is 5.91 Å². The van der Waals surface area contributed by atoms with Crippen molar-refractivity contribution >= 4 is 5.91 Å². The minimum atomic E-state index is -1.49. The van der Waals surface area contributed by atoms with Crippen molar-refractivity contribution in [1.29, 1.82) is 0 Å². The second kappa shape index (κ2) is 1.71. The van der Waals surface area contributed by atoms with Crippen molar-refractivity contribution in [3.63, 3.8) is 0 Å². The van der Waals surface area contributed by atoms with Gasteiger partial charge in [-0.2, -0.15) is 0 Å². The maximum absolute atomic E-state index is 11.4. The van der Waals surface area contributed by atoms with Crippen LogP contribution >= 0.6 is 0 Å². The molecule has 2 fully saturated rings. The van der Waals surface area contributed by atoms with Gasteiger partial charge in [0, 0.05) is 6.54 Å². The van der Waals surface area contributed by atoms with Gasteiger partial charge in [0.2, 0.25) is 5.91 Å². The first-order valence-corrected chi connectivity index (χ1v) is 3.37. The van der Waals surface area contributed by atoms with Crippen molar-refractivity contribution in [3.05, 3.63) is 0 Å². The summed E-state index contributed by atoms with van der Waals surface area (Å²) < 4.78 is 4.80. The molecule has 56 valence electrons. The van der Waals surface area contributed by atoms with Crippen molar-refractivity contribution in [2.45, 2.75) is 18.8 Å². The number of ether oxygens (including phenoxy) is 1. The van der Waals surface area contributed by atoms with Crippen LogP contribution in [0.4, 0.5) is 0 Å². The number of fused-ring (bicyclic) bond motifs is 1. The molecular formula is C6H8NO3-. The van der Waals surface area contributed by atoms with Crippen LogP contribution in [-0.2, 0) is 9.53 Å². The summed E-state index contributed by atoms with van der Waals surface area (Å²) in [6.07, 6.45) is 1.22. The van der Waals surface area contributed by atoms with E-state index in [0.29, 0.717) is 13.0 Å². The fourth-order valence-corrected chi connectivity index (χ4v) is 1.48. The minimum absolute atomic E-state index is 0.0243. The number of hydrogen-bond donors (Lipinski definition) is 0. The van der Waals surface area contributed by atoms with E-state index in [0.717, 1.165) is 6.42 Å². The summed E-state index contributed by atoms with van der Waals surface area (Å²) >= 11 is 0. The van der Waals surface area contributed by atoms with Gasteiger partial charge in [-0.3, -0.25) is 4.79 Å². The Morgan fingerprint density at radius 2 is 2.50 bits per heavy atom. The summed E-state index contributed by atoms with van der Waals surface area (Å²) in [5, 5.41) is 11.4. The third-order valence-corrected chi connectivity index (χ3v) is 2.01. The summed E-state index contributed by atoms with van der Waals surface area (Å²) in [5.41, 5.74) is 0. The molecule has 2 heterocycles. The molecule has 4 nitrogen and oxygen atoms in total. The number of rotatable bonds is 0. The zero-order valence-corrected chi connectivity index (χ0v) is 5.50. The van der Waals surface area contributed by atoms with E-state index < -0.39 is 5.91 Å². The summed E-state index contributed by atoms with van der Waals surface area (Å²) in [5.74, 6) is -1.65. The predicted molar refractivity (Wildman–Crippen MR) is 29.6 cm³/mol. The van der Waals surface area contributed by atoms with E-state index in [1.165, 1.54) is 4.90 Å². The molecule has 2 rings (SSSR count). The third-order valence-electron chi connectivity index (χ3n) is 2.01. The van der Waals surface area contributed by atoms with E-state index in [1.807, 2.05) is 0 Å². The molecule has 1 unspecified atom stereocenters. The highest BCUT2D eigenvalue weighted by Gasteiger charge is 2.40. The maximum Gasteiger partial charge on any atom is 0.249 e. The number of carbonyl (C=O) groups excluding carboxylic acids is 1. The lowest BCUT2D eigenvalue weighted by Crippen LogP contribution is -2.52. The van der Waals surface area contributed by atoms with Gasteiger partial charge in [-0.1, -0.05) is 0 Å². The van der Waals surface area contributed by atoms with E-state index in [9.17, 15) is 9.90 Å². The van der Waals surface area contributed by atoms with Crippen LogP contribution in [0.5, 0.6) is 0 Å². The first-order chi connectivity index (χ1) is 4.72. The van der Waals surface area contributed by atoms with E-state index in [4.69, 9.17) is 4.74 Å². The highest BCUT2D eigenvalue weighted by molar-refractivity contribution is 5.79. The molecule has 0 aromatic carbocycles. The van der Waals surface area contributed by atoms with E-state index in [-0.39, 0.29) is 12.5 Å². The lowest BCUT2D eigenvalue weighted by atomic mass is 10.3. The molecule has 1 atom stereocenters. The van der Waals surface area contributed by atoms with Crippen molar-refractivity contribution < 1.29 is 14.6 Å². The first-order valence-electron chi connectivity index (χ1n) is 3.37. The second-order valence-corrected chi connectivity index (χ2v) is 2.65. The minimum Gasteiger partial charge on any atom is -0.812 e. The summed E-state index contributed by atoms with van der Waals surface area (Å²) in [6.45, 7) is 0.547. The van der Waals surface area contributed by atoms with Gasteiger partial charge in [0.1, 0.15) is 6.61 Å². The van der Waals surface area contributed by atoms with Gasteiger partial charge in [-0.15, -0.1) is 0 Å². The second-order valence-electron chi connectivity index (χ2n) is 2.65. The SMILES string of the molecule is O=C1COC2([O-])CCCN12. The molecule has 0 aromatic rings. The van der Waals surface area contributed by atoms with Crippen LogP contribution in [0, 0.1) is 0 Å². The monoisotopic (exact) mass is 142 g/mol. The van der Waals surface area contributed by atoms with Crippen molar-refractivity contribution in [1.82, 2.24) is 4.90 Å². The first kappa shape index (κ1) is 6.12. The Bertz CT molecular complexity index is 182. The Morgan fingerprint density at radius 3 is 3.20 bits per heavy atom. The standard InChI is InChI=1S/C6H8NO3/c8-5-4-10-6(9)2-1-3-7(5)6/h1-4H2/q-1. The zero-order valence-electron chi connectivity index (χ0n) is 5.50. The molecule has 0 bridgehead atoms. The van der Waals surface area contributed by atoms with E-state index in [2.05, 4.69) is 0 Å². The largest absolute Gasteiger partial charge is 0.812 e. The topological polar surface area (TPSA) is 52.6 Å². The molecular weight excluding hydrogens is 134 g/mol. The Labute approximate surface area is 58.4 Å². The molecule has 0 aromatic heterocycles. The fraction of sp³-hybridized carbons (Fsp3) is 0.833. The quantitative estimate of drug-likeness (QED) is 0.420. The van der Waals surface area contributed by atoms with Gasteiger partial charge in [-0.25, -0.2) is 0 Å². The summed E-state index contributed by atoms with van der Waals surface area (Å²) in [6, 6.07) is 0. The molecule has 0 saturated carbocycles. The molecule has 0 spiro atoms. The van der Waals surface area contributed by atoms with E-state index >= 15 is 0 Å². The van der Waals surface area contributed by atoms with Gasteiger partial charge < -0.3 is 14.7 Å². The third kappa shape index (κ3) is 0.602. The van der Waals surface area contributed by atoms with Crippen LogP contribution in [0.2, 0.25) is 0 Å². The predicted octanol–water partition coefficient (Wildman–Crippen LogP) is -1.35. The van der Waals surface area contributed by atoms with Crippen LogP contribution in [-0.4, -0.2) is 29.9 Å². The molecule has 0 N–H and O–H groups in total. The Morgan fingerprint density at radius 1 is 1.70 bits per heavy atom. The number of hydrogen-bond acceptors (Lipinski definition) is 3. The Hall–Kier alpha value is -0.610. The maximum atomic E-state index is 11.4. The summed E-state index contributed by atoms with van der Waals surface area (Å²) in [7, 11) is 0. The summed E-state index contributed by atoms with van der Waals surface area (Å²) in [4.78, 5) is 12.1. The van der Waals surface area contributed by atoms with Crippen molar-refractivity contribution in [2.24, 2.45) is 0 Å². The molecule has 2 saturated heterocycles. The van der Waals surface area contributed by atoms with Crippen molar-refractivity contribution in [3.8, 4) is 0 Å². The van der Waals surface area contributed by atoms with Crippen LogP contribution in [0.15, 0.2) is 0 Å². The molecule has 0 aliphatic carbocycles. The highest BCUT2D eigenvalue weighted by atomic mass is 16.7. The Balaban J connectivity index is 2.27. The number of nitrogens with zero attached hydrogens (tertiary/aromatic N) is 1. The normalized spacial score (nSPS) is 38.9. The molecule has 10 heavy (non-hydrogen) atoms. The fourth-order valence-electron chi connectivity index (χ4n) is 1.48. The number of amides is 1. The lowest BCUT2D eigenvalue weighted by molar-refractivity contribution is -0.573. The molecule has 2 aliphatic rings. The zero-order chi connectivity index (χ0) is 7.19. The van der Waals surface area contributed by atoms with E-state index in [1.54, 1.807) is 0 Å². The van der Waals surface area contributed by atoms with Gasteiger partial charge in [0.25, 0.3) is 0 Å². The van der Waals surface area contributed by atoms with Crippen LogP contribution in [0.1, 0.15) is 12.8 Å². The number of carbonyl (C=O) groups is 1. The van der Waals surface area contributed by atoms with Crippen molar-refractivity contribution in [2.75, 3.05) is 13.2 Å². The van der Waals surface area contributed by atoms with Gasteiger partial charge in [-0.05, 0) is 12.8 Å². The molecule has 4 heteroatoms. The molecule has 1 amide bonds.